The zero-order chi connectivity index (χ0) is 11.8. The molecule has 1 amide bonds. The Labute approximate surface area is 93.3 Å². The molecule has 0 aliphatic heterocycles. The van der Waals surface area contributed by atoms with Gasteiger partial charge in [-0.05, 0) is 26.2 Å². The number of hydrogen-bond donors (Lipinski definition) is 2. The zero-order valence-corrected chi connectivity index (χ0v) is 10.4. The third-order valence-corrected chi connectivity index (χ3v) is 2.52. The van der Waals surface area contributed by atoms with Crippen molar-refractivity contribution in [2.45, 2.75) is 59.2 Å². The van der Waals surface area contributed by atoms with Crippen LogP contribution in [0.15, 0.2) is 12.2 Å². The molecule has 88 valence electrons. The molecule has 3 heteroatoms. The molecule has 0 aromatic carbocycles. The van der Waals surface area contributed by atoms with Crippen LogP contribution in [0.1, 0.15) is 47.0 Å². The van der Waals surface area contributed by atoms with Gasteiger partial charge in [0.1, 0.15) is 0 Å². The second-order valence-electron chi connectivity index (χ2n) is 3.89. The molecule has 0 aromatic heterocycles. The van der Waals surface area contributed by atoms with Crippen LogP contribution in [0, 0.1) is 0 Å². The molecule has 1 unspecified atom stereocenters. The minimum atomic E-state index is -0.0692. The lowest BCUT2D eigenvalue weighted by Gasteiger charge is -2.24. The highest BCUT2D eigenvalue weighted by Gasteiger charge is 2.13. The van der Waals surface area contributed by atoms with Crippen molar-refractivity contribution in [2.24, 2.45) is 0 Å². The van der Waals surface area contributed by atoms with Crippen LogP contribution in [0.25, 0.3) is 0 Å². The molecule has 0 bridgehead atoms. The van der Waals surface area contributed by atoms with Crippen molar-refractivity contribution >= 4 is 5.91 Å². The van der Waals surface area contributed by atoms with E-state index in [9.17, 15) is 4.79 Å². The van der Waals surface area contributed by atoms with Gasteiger partial charge in [-0.3, -0.25) is 10.1 Å². The lowest BCUT2D eigenvalue weighted by Crippen LogP contribution is -2.49. The molecule has 1 atom stereocenters. The van der Waals surface area contributed by atoms with Gasteiger partial charge in [-0.15, -0.1) is 0 Å². The first-order valence-electron chi connectivity index (χ1n) is 5.77. The number of carbonyl (C=O) groups excluding carboxylic acids is 1. The molecule has 0 rings (SSSR count). The van der Waals surface area contributed by atoms with Crippen molar-refractivity contribution in [3.8, 4) is 0 Å². The van der Waals surface area contributed by atoms with E-state index in [4.69, 9.17) is 0 Å². The molecular formula is C12H24N2O. The summed E-state index contributed by atoms with van der Waals surface area (Å²) in [7, 11) is 0. The summed E-state index contributed by atoms with van der Waals surface area (Å²) in [6.45, 7) is 11.7. The van der Waals surface area contributed by atoms with Gasteiger partial charge in [0, 0.05) is 11.6 Å². The predicted molar refractivity (Wildman–Crippen MR) is 64.5 cm³/mol. The maximum Gasteiger partial charge on any atom is 0.247 e. The Kier molecular flexibility index (Phi) is 7.05. The van der Waals surface area contributed by atoms with Crippen LogP contribution >= 0.6 is 0 Å². The van der Waals surface area contributed by atoms with Crippen LogP contribution in [-0.4, -0.2) is 18.1 Å². The van der Waals surface area contributed by atoms with Crippen molar-refractivity contribution in [3.63, 3.8) is 0 Å². The van der Waals surface area contributed by atoms with Crippen LogP contribution < -0.4 is 10.6 Å². The first-order valence-corrected chi connectivity index (χ1v) is 5.77. The molecule has 15 heavy (non-hydrogen) atoms. The zero-order valence-electron chi connectivity index (χ0n) is 10.4. The van der Waals surface area contributed by atoms with Crippen LogP contribution in [-0.2, 0) is 4.79 Å². The highest BCUT2D eigenvalue weighted by molar-refractivity contribution is 5.92. The number of carbonyl (C=O) groups is 1. The minimum Gasteiger partial charge on any atom is -0.337 e. The molecule has 0 radical (unpaired) electrons. The number of rotatable bonds is 7. The van der Waals surface area contributed by atoms with E-state index in [2.05, 4.69) is 38.0 Å². The Bertz CT molecular complexity index is 210. The number of hydrogen-bond acceptors (Lipinski definition) is 2. The molecule has 0 fully saturated rings. The van der Waals surface area contributed by atoms with Crippen LogP contribution in [0.3, 0.4) is 0 Å². The van der Waals surface area contributed by atoms with E-state index in [1.54, 1.807) is 6.92 Å². The number of nitrogens with one attached hydrogen (secondary N) is 2. The third kappa shape index (κ3) is 5.57. The van der Waals surface area contributed by atoms with Gasteiger partial charge >= 0.3 is 0 Å². The van der Waals surface area contributed by atoms with Crippen molar-refractivity contribution in [1.82, 2.24) is 10.6 Å². The summed E-state index contributed by atoms with van der Waals surface area (Å²) in [4.78, 5) is 11.4. The Morgan fingerprint density at radius 1 is 1.20 bits per heavy atom. The van der Waals surface area contributed by atoms with Crippen molar-refractivity contribution in [3.05, 3.63) is 12.2 Å². The highest BCUT2D eigenvalue weighted by Crippen LogP contribution is 2.00. The Morgan fingerprint density at radius 3 is 2.07 bits per heavy atom. The van der Waals surface area contributed by atoms with Crippen molar-refractivity contribution in [1.29, 1.82) is 0 Å². The number of amides is 1. The summed E-state index contributed by atoms with van der Waals surface area (Å²) >= 11 is 0. The maximum absolute atomic E-state index is 11.4. The maximum atomic E-state index is 11.4. The van der Waals surface area contributed by atoms with Gasteiger partial charge in [0.15, 0.2) is 0 Å². The van der Waals surface area contributed by atoms with Crippen LogP contribution in [0.5, 0.6) is 0 Å². The fourth-order valence-electron chi connectivity index (χ4n) is 1.35. The fourth-order valence-corrected chi connectivity index (χ4v) is 1.35. The summed E-state index contributed by atoms with van der Waals surface area (Å²) in [5.74, 6) is -0.0692. The summed E-state index contributed by atoms with van der Waals surface area (Å²) in [6.07, 6.45) is 3.10. The van der Waals surface area contributed by atoms with Gasteiger partial charge < -0.3 is 5.32 Å². The quantitative estimate of drug-likeness (QED) is 0.502. The highest BCUT2D eigenvalue weighted by atomic mass is 16.1. The van der Waals surface area contributed by atoms with Gasteiger partial charge in [0.05, 0.1) is 6.17 Å². The Balaban J connectivity index is 4.13. The average molecular weight is 212 g/mol. The molecule has 0 saturated heterocycles. The standard InChI is InChI=1S/C12H24N2O/c1-6-10(7-2)13-11(8-3)14-12(15)9(4)5/h10-11,13H,4,6-8H2,1-3,5H3,(H,14,15). The molecule has 0 aliphatic carbocycles. The molecule has 0 saturated carbocycles. The van der Waals surface area contributed by atoms with Gasteiger partial charge in [-0.1, -0.05) is 27.4 Å². The fraction of sp³-hybridized carbons (Fsp3) is 0.750. The van der Waals surface area contributed by atoms with Crippen molar-refractivity contribution < 1.29 is 4.79 Å². The van der Waals surface area contributed by atoms with Gasteiger partial charge in [0.25, 0.3) is 0 Å². The SMILES string of the molecule is C=C(C)C(=O)NC(CC)NC(CC)CC. The lowest BCUT2D eigenvalue weighted by atomic mass is 10.1. The molecule has 0 spiro atoms. The monoisotopic (exact) mass is 212 g/mol. The average Bonchev–Trinajstić information content (AvgIpc) is 2.23. The second-order valence-corrected chi connectivity index (χ2v) is 3.89. The van der Waals surface area contributed by atoms with Crippen molar-refractivity contribution in [2.75, 3.05) is 0 Å². The van der Waals surface area contributed by atoms with Crippen LogP contribution in [0.2, 0.25) is 0 Å². The first kappa shape index (κ1) is 14.2. The van der Waals surface area contributed by atoms with Gasteiger partial charge in [-0.2, -0.15) is 0 Å². The van der Waals surface area contributed by atoms with E-state index in [0.717, 1.165) is 19.3 Å². The lowest BCUT2D eigenvalue weighted by molar-refractivity contribution is -0.118. The van der Waals surface area contributed by atoms with E-state index >= 15 is 0 Å². The summed E-state index contributed by atoms with van der Waals surface area (Å²) < 4.78 is 0. The molecule has 3 nitrogen and oxygen atoms in total. The normalized spacial score (nSPS) is 12.6. The summed E-state index contributed by atoms with van der Waals surface area (Å²) in [6, 6.07) is 0.473. The summed E-state index contributed by atoms with van der Waals surface area (Å²) in [5.41, 5.74) is 0.555. The Hall–Kier alpha value is -0.830. The Morgan fingerprint density at radius 2 is 1.73 bits per heavy atom. The third-order valence-electron chi connectivity index (χ3n) is 2.52. The molecule has 0 heterocycles. The van der Waals surface area contributed by atoms with Gasteiger partial charge in [0.2, 0.25) is 5.91 Å². The molecular weight excluding hydrogens is 188 g/mol. The molecule has 0 aliphatic rings. The largest absolute Gasteiger partial charge is 0.337 e. The molecule has 2 N–H and O–H groups in total. The summed E-state index contributed by atoms with van der Waals surface area (Å²) in [5, 5.41) is 6.33. The topological polar surface area (TPSA) is 41.1 Å². The van der Waals surface area contributed by atoms with E-state index in [0.29, 0.717) is 11.6 Å². The smallest absolute Gasteiger partial charge is 0.247 e. The van der Waals surface area contributed by atoms with E-state index in [1.165, 1.54) is 0 Å². The second kappa shape index (κ2) is 7.46. The molecule has 0 aromatic rings. The first-order chi connectivity index (χ1) is 7.04. The predicted octanol–water partition coefficient (Wildman–Crippen LogP) is 2.19. The van der Waals surface area contributed by atoms with E-state index < -0.39 is 0 Å². The van der Waals surface area contributed by atoms with Crippen LogP contribution in [0.4, 0.5) is 0 Å². The minimum absolute atomic E-state index is 0.0547. The van der Waals surface area contributed by atoms with E-state index in [1.807, 2.05) is 0 Å². The van der Waals surface area contributed by atoms with E-state index in [-0.39, 0.29) is 12.1 Å². The van der Waals surface area contributed by atoms with Gasteiger partial charge in [-0.25, -0.2) is 0 Å².